The van der Waals surface area contributed by atoms with Crippen LogP contribution in [-0.2, 0) is 6.54 Å². The molecule has 5 heteroatoms. The van der Waals surface area contributed by atoms with Crippen molar-refractivity contribution in [1.82, 2.24) is 4.98 Å². The Morgan fingerprint density at radius 2 is 2.04 bits per heavy atom. The molecular weight excluding hydrogens is 324 g/mol. The summed E-state index contributed by atoms with van der Waals surface area (Å²) in [5, 5.41) is 3.83. The van der Waals surface area contributed by atoms with Crippen LogP contribution >= 0.6 is 11.6 Å². The summed E-state index contributed by atoms with van der Waals surface area (Å²) < 4.78 is 11.3. The fourth-order valence-corrected chi connectivity index (χ4v) is 2.67. The lowest BCUT2D eigenvalue weighted by Gasteiger charge is -2.14. The Morgan fingerprint density at radius 3 is 2.75 bits per heavy atom. The van der Waals surface area contributed by atoms with Gasteiger partial charge in [0.25, 0.3) is 0 Å². The normalized spacial score (nSPS) is 10.5. The molecule has 0 unspecified atom stereocenters. The standard InChI is InChI=1S/C19H25ClN2O2/c1-3-4-5-8-11-24-19-16(20)12-15(13-17(19)23-2)14-22-18-9-6-7-10-21-18/h6-7,9-10,12-13H,3-5,8,11,14H2,1-2H3,(H,21,22). The average molecular weight is 349 g/mol. The first-order valence-corrected chi connectivity index (χ1v) is 8.76. The number of rotatable bonds is 10. The molecule has 1 heterocycles. The molecule has 1 N–H and O–H groups in total. The predicted molar refractivity (Wildman–Crippen MR) is 99.2 cm³/mol. The van der Waals surface area contributed by atoms with Crippen LogP contribution in [0.3, 0.4) is 0 Å². The molecule has 0 aliphatic carbocycles. The summed E-state index contributed by atoms with van der Waals surface area (Å²) >= 11 is 6.39. The van der Waals surface area contributed by atoms with Gasteiger partial charge < -0.3 is 14.8 Å². The maximum atomic E-state index is 6.39. The second kappa shape index (κ2) is 10.0. The van der Waals surface area contributed by atoms with Crippen LogP contribution in [-0.4, -0.2) is 18.7 Å². The summed E-state index contributed by atoms with van der Waals surface area (Å²) in [6.45, 7) is 3.46. The summed E-state index contributed by atoms with van der Waals surface area (Å²) in [7, 11) is 1.63. The van der Waals surface area contributed by atoms with Gasteiger partial charge in [0.2, 0.25) is 0 Å². The molecule has 0 atom stereocenters. The molecule has 0 aliphatic heterocycles. The zero-order chi connectivity index (χ0) is 17.2. The third kappa shape index (κ3) is 5.60. The Bertz CT molecular complexity index is 620. The lowest BCUT2D eigenvalue weighted by molar-refractivity contribution is 0.285. The number of nitrogens with zero attached hydrogens (tertiary/aromatic N) is 1. The molecule has 24 heavy (non-hydrogen) atoms. The van der Waals surface area contributed by atoms with Gasteiger partial charge in [-0.25, -0.2) is 4.98 Å². The first-order valence-electron chi connectivity index (χ1n) is 8.38. The average Bonchev–Trinajstić information content (AvgIpc) is 2.61. The van der Waals surface area contributed by atoms with Gasteiger partial charge in [0.05, 0.1) is 18.7 Å². The van der Waals surface area contributed by atoms with Crippen molar-refractivity contribution >= 4 is 17.4 Å². The van der Waals surface area contributed by atoms with Crippen LogP contribution in [0.15, 0.2) is 36.5 Å². The molecule has 0 saturated carbocycles. The third-order valence-corrected chi connectivity index (χ3v) is 3.95. The number of unbranched alkanes of at least 4 members (excludes halogenated alkanes) is 3. The predicted octanol–water partition coefficient (Wildman–Crippen LogP) is 5.31. The van der Waals surface area contributed by atoms with Crippen molar-refractivity contribution in [2.24, 2.45) is 0 Å². The summed E-state index contributed by atoms with van der Waals surface area (Å²) in [5.41, 5.74) is 1.01. The monoisotopic (exact) mass is 348 g/mol. The highest BCUT2D eigenvalue weighted by molar-refractivity contribution is 6.32. The molecule has 0 saturated heterocycles. The highest BCUT2D eigenvalue weighted by Gasteiger charge is 2.12. The number of hydrogen-bond acceptors (Lipinski definition) is 4. The van der Waals surface area contributed by atoms with Crippen LogP contribution in [0.1, 0.15) is 38.2 Å². The number of aromatic nitrogens is 1. The lowest BCUT2D eigenvalue weighted by Crippen LogP contribution is -2.04. The van der Waals surface area contributed by atoms with E-state index in [-0.39, 0.29) is 0 Å². The quantitative estimate of drug-likeness (QED) is 0.590. The van der Waals surface area contributed by atoms with Crippen LogP contribution < -0.4 is 14.8 Å². The minimum atomic E-state index is 0.572. The topological polar surface area (TPSA) is 43.4 Å². The maximum Gasteiger partial charge on any atom is 0.179 e. The number of methoxy groups -OCH3 is 1. The number of halogens is 1. The van der Waals surface area contributed by atoms with E-state index >= 15 is 0 Å². The Morgan fingerprint density at radius 1 is 1.17 bits per heavy atom. The van der Waals surface area contributed by atoms with Gasteiger partial charge in [-0.2, -0.15) is 0 Å². The van der Waals surface area contributed by atoms with E-state index in [0.717, 1.165) is 17.8 Å². The molecule has 2 aromatic rings. The first kappa shape index (κ1) is 18.4. The van der Waals surface area contributed by atoms with Gasteiger partial charge in [0, 0.05) is 12.7 Å². The zero-order valence-electron chi connectivity index (χ0n) is 14.3. The van der Waals surface area contributed by atoms with E-state index in [0.29, 0.717) is 29.7 Å². The molecule has 0 spiro atoms. The van der Waals surface area contributed by atoms with Gasteiger partial charge in [-0.05, 0) is 36.2 Å². The van der Waals surface area contributed by atoms with E-state index in [9.17, 15) is 0 Å². The van der Waals surface area contributed by atoms with Crippen LogP contribution in [0.2, 0.25) is 5.02 Å². The van der Waals surface area contributed by atoms with E-state index in [1.807, 2.05) is 30.3 Å². The fourth-order valence-electron chi connectivity index (χ4n) is 2.38. The van der Waals surface area contributed by atoms with E-state index in [1.54, 1.807) is 13.3 Å². The van der Waals surface area contributed by atoms with E-state index in [2.05, 4.69) is 17.2 Å². The van der Waals surface area contributed by atoms with Gasteiger partial charge in [0.15, 0.2) is 11.5 Å². The van der Waals surface area contributed by atoms with Crippen molar-refractivity contribution in [1.29, 1.82) is 0 Å². The number of nitrogens with one attached hydrogen (secondary N) is 1. The SMILES string of the molecule is CCCCCCOc1c(Cl)cc(CNc2ccccn2)cc1OC. The van der Waals surface area contributed by atoms with Gasteiger partial charge >= 0.3 is 0 Å². The van der Waals surface area contributed by atoms with Gasteiger partial charge in [-0.15, -0.1) is 0 Å². The molecule has 4 nitrogen and oxygen atoms in total. The van der Waals surface area contributed by atoms with Crippen molar-refractivity contribution in [3.05, 3.63) is 47.1 Å². The second-order valence-corrected chi connectivity index (χ2v) is 5.99. The molecule has 1 aromatic carbocycles. The smallest absolute Gasteiger partial charge is 0.179 e. The third-order valence-electron chi connectivity index (χ3n) is 3.67. The summed E-state index contributed by atoms with van der Waals surface area (Å²) in [4.78, 5) is 4.24. The van der Waals surface area contributed by atoms with Gasteiger partial charge in [-0.3, -0.25) is 0 Å². The Labute approximate surface area is 149 Å². The molecule has 2 rings (SSSR count). The van der Waals surface area contributed by atoms with Crippen molar-refractivity contribution in [3.8, 4) is 11.5 Å². The number of ether oxygens (including phenoxy) is 2. The molecular formula is C19H25ClN2O2. The van der Waals surface area contributed by atoms with E-state index in [1.165, 1.54) is 19.3 Å². The number of hydrogen-bond donors (Lipinski definition) is 1. The van der Waals surface area contributed by atoms with E-state index in [4.69, 9.17) is 21.1 Å². The molecule has 1 aromatic heterocycles. The Kier molecular flexibility index (Phi) is 7.69. The minimum absolute atomic E-state index is 0.572. The molecule has 0 amide bonds. The van der Waals surface area contributed by atoms with Crippen molar-refractivity contribution in [2.45, 2.75) is 39.2 Å². The van der Waals surface area contributed by atoms with Crippen molar-refractivity contribution in [3.63, 3.8) is 0 Å². The fraction of sp³-hybridized carbons (Fsp3) is 0.421. The molecule has 130 valence electrons. The van der Waals surface area contributed by atoms with Gasteiger partial charge in [0.1, 0.15) is 5.82 Å². The van der Waals surface area contributed by atoms with Crippen LogP contribution in [0.4, 0.5) is 5.82 Å². The minimum Gasteiger partial charge on any atom is -0.493 e. The van der Waals surface area contributed by atoms with Crippen molar-refractivity contribution in [2.75, 3.05) is 19.0 Å². The van der Waals surface area contributed by atoms with Crippen LogP contribution in [0, 0.1) is 0 Å². The lowest BCUT2D eigenvalue weighted by atomic mass is 10.2. The first-order chi connectivity index (χ1) is 11.7. The maximum absolute atomic E-state index is 6.39. The highest BCUT2D eigenvalue weighted by atomic mass is 35.5. The summed E-state index contributed by atoms with van der Waals surface area (Å²) in [5.74, 6) is 2.11. The number of anilines is 1. The summed E-state index contributed by atoms with van der Waals surface area (Å²) in [6, 6.07) is 9.60. The largest absolute Gasteiger partial charge is 0.493 e. The highest BCUT2D eigenvalue weighted by Crippen LogP contribution is 2.36. The van der Waals surface area contributed by atoms with Crippen LogP contribution in [0.5, 0.6) is 11.5 Å². The second-order valence-electron chi connectivity index (χ2n) is 5.59. The molecule has 0 fully saturated rings. The molecule has 0 bridgehead atoms. The van der Waals surface area contributed by atoms with Crippen LogP contribution in [0.25, 0.3) is 0 Å². The Hall–Kier alpha value is -1.94. The number of benzene rings is 1. The molecule has 0 radical (unpaired) electrons. The van der Waals surface area contributed by atoms with Crippen molar-refractivity contribution < 1.29 is 9.47 Å². The summed E-state index contributed by atoms with van der Waals surface area (Å²) in [6.07, 6.45) is 6.39. The molecule has 0 aliphatic rings. The van der Waals surface area contributed by atoms with E-state index < -0.39 is 0 Å². The zero-order valence-corrected chi connectivity index (χ0v) is 15.1. The Balaban J connectivity index is 1.98. The van der Waals surface area contributed by atoms with Gasteiger partial charge in [-0.1, -0.05) is 43.9 Å². The number of pyridine rings is 1.